The first kappa shape index (κ1) is 19.8. The highest BCUT2D eigenvalue weighted by Gasteiger charge is 2.24. The minimum Gasteiger partial charge on any atom is -0.350 e. The van der Waals surface area contributed by atoms with E-state index in [0.29, 0.717) is 6.54 Å². The summed E-state index contributed by atoms with van der Waals surface area (Å²) >= 11 is 1.69. The van der Waals surface area contributed by atoms with Gasteiger partial charge in [-0.1, -0.05) is 13.0 Å². The molecule has 6 nitrogen and oxygen atoms in total. The molecule has 152 valence electrons. The second kappa shape index (κ2) is 8.88. The fraction of sp³-hybridized carbons (Fsp3) is 0.409. The number of rotatable bonds is 7. The molecule has 0 bridgehead atoms. The van der Waals surface area contributed by atoms with Crippen LogP contribution in [0.1, 0.15) is 51.9 Å². The van der Waals surface area contributed by atoms with Crippen molar-refractivity contribution in [3.05, 3.63) is 69.7 Å². The van der Waals surface area contributed by atoms with Gasteiger partial charge in [0.15, 0.2) is 0 Å². The molecule has 1 aliphatic rings. The van der Waals surface area contributed by atoms with Gasteiger partial charge in [0.2, 0.25) is 0 Å². The maximum Gasteiger partial charge on any atom is 0.252 e. The van der Waals surface area contributed by atoms with Crippen molar-refractivity contribution in [3.8, 4) is 0 Å². The van der Waals surface area contributed by atoms with Gasteiger partial charge in [0.1, 0.15) is 0 Å². The molecule has 3 aromatic heterocycles. The molecule has 3 aromatic rings. The second-order valence-corrected chi connectivity index (χ2v) is 8.56. The number of carbonyl (C=O) groups is 1. The molecular weight excluding hydrogens is 382 g/mol. The zero-order chi connectivity index (χ0) is 20.2. The Kier molecular flexibility index (Phi) is 6.06. The molecule has 1 atom stereocenters. The number of fused-ring (bicyclic) bond motifs is 1. The molecule has 4 rings (SSSR count). The molecule has 0 radical (unpaired) electrons. The highest BCUT2D eigenvalue weighted by molar-refractivity contribution is 7.10. The molecule has 0 saturated carbocycles. The predicted octanol–water partition coefficient (Wildman–Crippen LogP) is 3.45. The second-order valence-electron chi connectivity index (χ2n) is 7.59. The van der Waals surface area contributed by atoms with E-state index in [1.807, 2.05) is 22.3 Å². The maximum atomic E-state index is 12.7. The summed E-state index contributed by atoms with van der Waals surface area (Å²) < 4.78 is 2.00. The molecule has 1 amide bonds. The van der Waals surface area contributed by atoms with Gasteiger partial charge in [-0.15, -0.1) is 11.3 Å². The van der Waals surface area contributed by atoms with Crippen LogP contribution in [0.4, 0.5) is 0 Å². The fourth-order valence-electron chi connectivity index (χ4n) is 3.66. The third-order valence-corrected chi connectivity index (χ3v) is 6.56. The molecule has 0 saturated heterocycles. The van der Waals surface area contributed by atoms with Crippen LogP contribution in [0.25, 0.3) is 0 Å². The van der Waals surface area contributed by atoms with Gasteiger partial charge in [-0.05, 0) is 37.0 Å². The lowest BCUT2D eigenvalue weighted by atomic mass is 10.0. The van der Waals surface area contributed by atoms with Gasteiger partial charge >= 0.3 is 0 Å². The lowest BCUT2D eigenvalue weighted by Crippen LogP contribution is -2.32. The third-order valence-electron chi connectivity index (χ3n) is 5.54. The van der Waals surface area contributed by atoms with Gasteiger partial charge in [-0.25, -0.2) is 4.98 Å². The zero-order valence-corrected chi connectivity index (χ0v) is 17.8. The number of nitrogens with zero attached hydrogens (tertiary/aromatic N) is 4. The van der Waals surface area contributed by atoms with Crippen molar-refractivity contribution in [1.82, 2.24) is 24.8 Å². The Morgan fingerprint density at radius 2 is 2.28 bits per heavy atom. The van der Waals surface area contributed by atoms with Crippen molar-refractivity contribution in [2.24, 2.45) is 0 Å². The number of amides is 1. The lowest BCUT2D eigenvalue weighted by Gasteiger charge is -2.27. The number of imidazole rings is 1. The Morgan fingerprint density at radius 1 is 1.38 bits per heavy atom. The van der Waals surface area contributed by atoms with Crippen LogP contribution in [0, 0.1) is 0 Å². The monoisotopic (exact) mass is 409 g/mol. The van der Waals surface area contributed by atoms with Crippen molar-refractivity contribution in [2.45, 2.75) is 45.8 Å². The Morgan fingerprint density at radius 3 is 3.00 bits per heavy atom. The van der Waals surface area contributed by atoms with Crippen molar-refractivity contribution >= 4 is 17.2 Å². The van der Waals surface area contributed by atoms with E-state index in [-0.39, 0.29) is 11.9 Å². The summed E-state index contributed by atoms with van der Waals surface area (Å²) in [6, 6.07) is 4.47. The van der Waals surface area contributed by atoms with E-state index in [2.05, 4.69) is 46.2 Å². The maximum absolute atomic E-state index is 12.7. The first-order chi connectivity index (χ1) is 14.1. The Bertz CT molecular complexity index is 948. The van der Waals surface area contributed by atoms with Crippen molar-refractivity contribution in [1.29, 1.82) is 0 Å². The molecule has 4 heterocycles. The number of pyridine rings is 1. The summed E-state index contributed by atoms with van der Waals surface area (Å²) in [5.74, 6) is 0.0275. The summed E-state index contributed by atoms with van der Waals surface area (Å²) in [7, 11) is 0. The predicted molar refractivity (Wildman–Crippen MR) is 115 cm³/mol. The molecule has 1 aliphatic heterocycles. The summed E-state index contributed by atoms with van der Waals surface area (Å²) in [5.41, 5.74) is 4.43. The van der Waals surface area contributed by atoms with Crippen LogP contribution in [-0.4, -0.2) is 38.4 Å². The first-order valence-electron chi connectivity index (χ1n) is 10.1. The molecule has 0 aliphatic carbocycles. The van der Waals surface area contributed by atoms with Gasteiger partial charge < -0.3 is 9.88 Å². The topological polar surface area (TPSA) is 63.1 Å². The van der Waals surface area contributed by atoms with Crippen LogP contribution in [0.2, 0.25) is 0 Å². The molecule has 0 unspecified atom stereocenters. The van der Waals surface area contributed by atoms with Crippen LogP contribution in [0.5, 0.6) is 0 Å². The van der Waals surface area contributed by atoms with Crippen LogP contribution in [0.15, 0.2) is 42.4 Å². The summed E-state index contributed by atoms with van der Waals surface area (Å²) in [5, 5.41) is 5.09. The minimum absolute atomic E-state index is 0.0275. The lowest BCUT2D eigenvalue weighted by molar-refractivity contribution is 0.0947. The van der Waals surface area contributed by atoms with Gasteiger partial charge in [-0.2, -0.15) is 0 Å². The number of carbonyl (C=O) groups excluding carboxylic acids is 1. The Balaban J connectivity index is 1.35. The summed E-state index contributed by atoms with van der Waals surface area (Å²) in [6.07, 6.45) is 9.36. The van der Waals surface area contributed by atoms with Crippen molar-refractivity contribution in [2.75, 3.05) is 13.1 Å². The number of nitrogens with one attached hydrogen (secondary N) is 1. The SMILES string of the molecule is CCc1ccc(CN2CCc3c(C(=O)NC[C@@H](C)n4ccnc4)csc3C2)nc1. The average Bonchev–Trinajstić information content (AvgIpc) is 3.42. The minimum atomic E-state index is 0.0275. The smallest absolute Gasteiger partial charge is 0.252 e. The molecule has 0 spiro atoms. The number of hydrogen-bond acceptors (Lipinski definition) is 5. The van der Waals surface area contributed by atoms with E-state index in [4.69, 9.17) is 0 Å². The van der Waals surface area contributed by atoms with Gasteiger partial charge in [0.25, 0.3) is 5.91 Å². The van der Waals surface area contributed by atoms with Gasteiger partial charge in [0, 0.05) is 61.1 Å². The Labute approximate surface area is 175 Å². The van der Waals surface area contributed by atoms with E-state index in [0.717, 1.165) is 43.7 Å². The van der Waals surface area contributed by atoms with E-state index >= 15 is 0 Å². The quantitative estimate of drug-likeness (QED) is 0.649. The van der Waals surface area contributed by atoms with E-state index in [1.165, 1.54) is 16.0 Å². The van der Waals surface area contributed by atoms with E-state index in [1.54, 1.807) is 23.9 Å². The largest absolute Gasteiger partial charge is 0.350 e. The third kappa shape index (κ3) is 4.57. The molecule has 0 fully saturated rings. The number of hydrogen-bond donors (Lipinski definition) is 1. The zero-order valence-electron chi connectivity index (χ0n) is 17.0. The summed E-state index contributed by atoms with van der Waals surface area (Å²) in [6.45, 7) is 7.50. The van der Waals surface area contributed by atoms with Crippen LogP contribution in [-0.2, 0) is 25.9 Å². The number of aryl methyl sites for hydroxylation is 1. The van der Waals surface area contributed by atoms with E-state index < -0.39 is 0 Å². The first-order valence-corrected chi connectivity index (χ1v) is 11.0. The van der Waals surface area contributed by atoms with E-state index in [9.17, 15) is 4.79 Å². The van der Waals surface area contributed by atoms with Gasteiger partial charge in [0.05, 0.1) is 17.6 Å². The van der Waals surface area contributed by atoms with Crippen molar-refractivity contribution in [3.63, 3.8) is 0 Å². The highest BCUT2D eigenvalue weighted by atomic mass is 32.1. The van der Waals surface area contributed by atoms with Crippen molar-refractivity contribution < 1.29 is 4.79 Å². The van der Waals surface area contributed by atoms with Crippen LogP contribution < -0.4 is 5.32 Å². The number of aromatic nitrogens is 3. The van der Waals surface area contributed by atoms with Crippen LogP contribution >= 0.6 is 11.3 Å². The highest BCUT2D eigenvalue weighted by Crippen LogP contribution is 2.29. The standard InChI is InChI=1S/C22H27N5OS/c1-3-17-4-5-18(24-11-17)12-26-8-6-19-20(14-29-21(19)13-26)22(28)25-10-16(2)27-9-7-23-15-27/h4-5,7,9,11,14-16H,3,6,8,10,12-13H2,1-2H3,(H,25,28)/t16-/m1/s1. The summed E-state index contributed by atoms with van der Waals surface area (Å²) in [4.78, 5) is 25.1. The fourth-order valence-corrected chi connectivity index (χ4v) is 4.79. The molecule has 0 aromatic carbocycles. The number of thiophene rings is 1. The average molecular weight is 410 g/mol. The molecule has 29 heavy (non-hydrogen) atoms. The molecule has 1 N–H and O–H groups in total. The van der Waals surface area contributed by atoms with Crippen LogP contribution in [0.3, 0.4) is 0 Å². The Hall–Kier alpha value is -2.51. The molecule has 7 heteroatoms. The molecular formula is C22H27N5OS. The normalized spacial score (nSPS) is 15.1. The van der Waals surface area contributed by atoms with Gasteiger partial charge in [-0.3, -0.25) is 14.7 Å².